The van der Waals surface area contributed by atoms with Crippen molar-refractivity contribution >= 4 is 53.3 Å². The Hall–Kier alpha value is -6.61. The molecule has 0 aromatic heterocycles. The molecule has 0 radical (unpaired) electrons. The molecule has 0 fully saturated rings. The maximum atomic E-state index is 13.4. The molecule has 0 bridgehead atoms. The summed E-state index contributed by atoms with van der Waals surface area (Å²) >= 11 is 0. The number of hydrogen-bond donors (Lipinski definition) is 12. The number of aliphatic hydroxyl groups excluding tert-OH is 1. The first-order valence-electron chi connectivity index (χ1n) is 16.6. The smallest absolute Gasteiger partial charge is 0.326 e. The molecule has 21 nitrogen and oxygen atoms in total. The van der Waals surface area contributed by atoms with E-state index in [4.69, 9.17) is 10.8 Å². The van der Waals surface area contributed by atoms with Gasteiger partial charge in [-0.15, -0.1) is 0 Å². The quantitative estimate of drug-likeness (QED) is 0.0536. The van der Waals surface area contributed by atoms with Gasteiger partial charge in [0.1, 0.15) is 36.0 Å². The first kappa shape index (κ1) is 44.6. The summed E-state index contributed by atoms with van der Waals surface area (Å²) in [7, 11) is 0. The number of phenols is 1. The van der Waals surface area contributed by atoms with Gasteiger partial charge in [-0.2, -0.15) is 0 Å². The third-order valence-corrected chi connectivity index (χ3v) is 7.54. The van der Waals surface area contributed by atoms with E-state index in [0.717, 1.165) is 0 Å². The van der Waals surface area contributed by atoms with Crippen LogP contribution in [0.25, 0.3) is 0 Å². The fourth-order valence-electron chi connectivity index (χ4n) is 4.57. The van der Waals surface area contributed by atoms with Crippen LogP contribution in [-0.2, 0) is 56.0 Å². The number of hydrogen-bond acceptors (Lipinski definition) is 12. The lowest BCUT2D eigenvalue weighted by atomic mass is 10.0. The summed E-state index contributed by atoms with van der Waals surface area (Å²) in [5.74, 6) is -9.29. The standard InChI is InChI=1S/C34H44N8O13/c1-18(30(50)42-25(34(54)55)12-20-7-9-21(44)10-8-20)39-32(52)23(11-19-5-3-2-4-6-19)41-33(53)24(13-29(48)49)40-28(47)16-37-26(45)14-36-27(46)15-38-31(51)22(35)17-43/h2-10,18,22-25,43-44H,11-17,35H2,1H3,(H,36,46)(H,37,45)(H,38,51)(H,39,52)(H,40,47)(H,41,53)(H,42,50)(H,48,49)(H,54,55)/t18-,22-,23-,24-,25-/m0/s1. The fraction of sp³-hybridized carbons (Fsp3) is 0.382. The van der Waals surface area contributed by atoms with Gasteiger partial charge in [-0.1, -0.05) is 42.5 Å². The van der Waals surface area contributed by atoms with E-state index in [1.807, 2.05) is 0 Å². The average molecular weight is 773 g/mol. The topological polar surface area (TPSA) is 345 Å². The van der Waals surface area contributed by atoms with E-state index < -0.39 is 116 Å². The molecule has 21 heteroatoms. The van der Waals surface area contributed by atoms with Crippen molar-refractivity contribution in [2.75, 3.05) is 26.2 Å². The van der Waals surface area contributed by atoms with Crippen LogP contribution in [0.1, 0.15) is 24.5 Å². The van der Waals surface area contributed by atoms with E-state index >= 15 is 0 Å². The molecule has 5 atom stereocenters. The first-order chi connectivity index (χ1) is 26.0. The lowest BCUT2D eigenvalue weighted by Gasteiger charge is -2.24. The van der Waals surface area contributed by atoms with Gasteiger partial charge < -0.3 is 63.4 Å². The van der Waals surface area contributed by atoms with Gasteiger partial charge in [0.2, 0.25) is 41.4 Å². The van der Waals surface area contributed by atoms with Crippen molar-refractivity contribution in [2.24, 2.45) is 5.73 Å². The van der Waals surface area contributed by atoms with Crippen LogP contribution >= 0.6 is 0 Å². The summed E-state index contributed by atoms with van der Waals surface area (Å²) in [6.07, 6.45) is -1.24. The third-order valence-electron chi connectivity index (χ3n) is 7.54. The number of aliphatic hydroxyl groups is 1. The molecular weight excluding hydrogens is 728 g/mol. The number of benzene rings is 2. The number of phenolic OH excluding ortho intramolecular Hbond substituents is 1. The molecule has 0 saturated carbocycles. The number of nitrogens with two attached hydrogens (primary N) is 1. The van der Waals surface area contributed by atoms with E-state index in [-0.39, 0.29) is 18.6 Å². The van der Waals surface area contributed by atoms with Gasteiger partial charge in [0, 0.05) is 12.8 Å². The van der Waals surface area contributed by atoms with Crippen molar-refractivity contribution in [1.82, 2.24) is 37.2 Å². The van der Waals surface area contributed by atoms with Gasteiger partial charge in [0.25, 0.3) is 0 Å². The normalized spacial score (nSPS) is 13.3. The third kappa shape index (κ3) is 16.7. The first-order valence-corrected chi connectivity index (χ1v) is 16.6. The Bertz CT molecular complexity index is 1690. The van der Waals surface area contributed by atoms with Gasteiger partial charge in [-0.25, -0.2) is 4.79 Å². The average Bonchev–Trinajstić information content (AvgIpc) is 3.14. The molecule has 2 rings (SSSR count). The Kier molecular flexibility index (Phi) is 18.2. The molecule has 0 aliphatic rings. The zero-order valence-corrected chi connectivity index (χ0v) is 29.6. The fourth-order valence-corrected chi connectivity index (χ4v) is 4.57. The van der Waals surface area contributed by atoms with Crippen molar-refractivity contribution in [3.63, 3.8) is 0 Å². The summed E-state index contributed by atoms with van der Waals surface area (Å²) in [5.41, 5.74) is 6.34. The minimum Gasteiger partial charge on any atom is -0.508 e. The second-order valence-electron chi connectivity index (χ2n) is 12.0. The molecule has 0 aliphatic heterocycles. The van der Waals surface area contributed by atoms with Crippen LogP contribution in [-0.4, -0.2) is 130 Å². The van der Waals surface area contributed by atoms with Gasteiger partial charge >= 0.3 is 11.9 Å². The summed E-state index contributed by atoms with van der Waals surface area (Å²) in [4.78, 5) is 111. The lowest BCUT2D eigenvalue weighted by Crippen LogP contribution is -2.58. The Labute approximate surface area is 313 Å². The van der Waals surface area contributed by atoms with E-state index in [0.29, 0.717) is 11.1 Å². The van der Waals surface area contributed by atoms with Crippen LogP contribution in [0.15, 0.2) is 54.6 Å². The maximum Gasteiger partial charge on any atom is 0.326 e. The number of carbonyl (C=O) groups excluding carboxylic acids is 7. The Morgan fingerprint density at radius 3 is 1.67 bits per heavy atom. The highest BCUT2D eigenvalue weighted by Gasteiger charge is 2.31. The molecule has 2 aromatic rings. The SMILES string of the molecule is C[C@H](NC(=O)[C@H](Cc1ccccc1)NC(=O)[C@H](CC(=O)O)NC(=O)CNC(=O)CNC(=O)CNC(=O)[C@@H](N)CO)C(=O)N[C@@H](Cc1ccc(O)cc1)C(=O)O. The van der Waals surface area contributed by atoms with Gasteiger partial charge in [0.05, 0.1) is 32.7 Å². The zero-order chi connectivity index (χ0) is 41.1. The molecule has 7 amide bonds. The number of nitrogens with one attached hydrogen (secondary N) is 7. The molecule has 298 valence electrons. The number of carboxylic acid groups (broad SMARTS) is 2. The van der Waals surface area contributed by atoms with Gasteiger partial charge in [0.15, 0.2) is 0 Å². The summed E-state index contributed by atoms with van der Waals surface area (Å²) < 4.78 is 0. The predicted molar refractivity (Wildman–Crippen MR) is 189 cm³/mol. The van der Waals surface area contributed by atoms with E-state index in [1.165, 1.54) is 31.2 Å². The van der Waals surface area contributed by atoms with Crippen molar-refractivity contribution in [2.45, 2.75) is 56.4 Å². The highest BCUT2D eigenvalue weighted by atomic mass is 16.4. The Balaban J connectivity index is 2.05. The molecule has 0 unspecified atom stereocenters. The monoisotopic (exact) mass is 772 g/mol. The molecule has 55 heavy (non-hydrogen) atoms. The molecule has 0 heterocycles. The number of carboxylic acids is 2. The molecular formula is C34H44N8O13. The predicted octanol–water partition coefficient (Wildman–Crippen LogP) is -4.64. The maximum absolute atomic E-state index is 13.4. The summed E-state index contributed by atoms with van der Waals surface area (Å²) in [6.45, 7) is -1.33. The highest BCUT2D eigenvalue weighted by Crippen LogP contribution is 2.12. The van der Waals surface area contributed by atoms with Crippen LogP contribution in [0, 0.1) is 0 Å². The molecule has 13 N–H and O–H groups in total. The lowest BCUT2D eigenvalue weighted by molar-refractivity contribution is -0.142. The molecule has 2 aromatic carbocycles. The largest absolute Gasteiger partial charge is 0.508 e. The van der Waals surface area contributed by atoms with Crippen LogP contribution in [0.3, 0.4) is 0 Å². The number of carbonyl (C=O) groups is 9. The van der Waals surface area contributed by atoms with Crippen molar-refractivity contribution < 1.29 is 63.6 Å². The molecule has 0 saturated heterocycles. The van der Waals surface area contributed by atoms with Crippen LogP contribution in [0.5, 0.6) is 5.75 Å². The zero-order valence-electron chi connectivity index (χ0n) is 29.6. The summed E-state index contributed by atoms with van der Waals surface area (Å²) in [6, 6.07) is 6.76. The highest BCUT2D eigenvalue weighted by molar-refractivity contribution is 5.97. The van der Waals surface area contributed by atoms with Gasteiger partial charge in [-0.3, -0.25) is 38.4 Å². The van der Waals surface area contributed by atoms with Crippen LogP contribution < -0.4 is 43.0 Å². The molecule has 0 aliphatic carbocycles. The number of aromatic hydroxyl groups is 1. The minimum absolute atomic E-state index is 0.0397. The van der Waals surface area contributed by atoms with Gasteiger partial charge in [-0.05, 0) is 30.2 Å². The second-order valence-corrected chi connectivity index (χ2v) is 12.0. The number of rotatable bonds is 22. The number of aliphatic carboxylic acids is 2. The second kappa shape index (κ2) is 22.5. The van der Waals surface area contributed by atoms with Crippen molar-refractivity contribution in [3.8, 4) is 5.75 Å². The minimum atomic E-state index is -1.75. The van der Waals surface area contributed by atoms with Crippen molar-refractivity contribution in [3.05, 3.63) is 65.7 Å². The molecule has 0 spiro atoms. The van der Waals surface area contributed by atoms with E-state index in [2.05, 4.69) is 37.2 Å². The van der Waals surface area contributed by atoms with E-state index in [9.17, 15) is 58.5 Å². The summed E-state index contributed by atoms with van der Waals surface area (Å²) in [5, 5.41) is 53.1. The Morgan fingerprint density at radius 1 is 0.600 bits per heavy atom. The number of amides is 7. The van der Waals surface area contributed by atoms with Crippen LogP contribution in [0.4, 0.5) is 0 Å². The van der Waals surface area contributed by atoms with Crippen LogP contribution in [0.2, 0.25) is 0 Å². The van der Waals surface area contributed by atoms with E-state index in [1.54, 1.807) is 30.3 Å². The Morgan fingerprint density at radius 2 is 1.11 bits per heavy atom. The van der Waals surface area contributed by atoms with Crippen molar-refractivity contribution in [1.29, 1.82) is 0 Å².